The Hall–Kier alpha value is -2.11. The molecular formula is C18H17ClN2O2S. The molecule has 1 aliphatic carbocycles. The maximum absolute atomic E-state index is 12.1. The molecule has 0 spiro atoms. The molecule has 0 aliphatic heterocycles. The molecule has 0 saturated carbocycles. The highest BCUT2D eigenvalue weighted by Gasteiger charge is 2.17. The first kappa shape index (κ1) is 16.7. The van der Waals surface area contributed by atoms with Crippen molar-refractivity contribution in [1.29, 1.82) is 0 Å². The van der Waals surface area contributed by atoms with Crippen molar-refractivity contribution in [1.82, 2.24) is 10.9 Å². The van der Waals surface area contributed by atoms with Crippen LogP contribution in [0.1, 0.15) is 38.5 Å². The van der Waals surface area contributed by atoms with Crippen LogP contribution >= 0.6 is 22.9 Å². The third-order valence-corrected chi connectivity index (χ3v) is 5.27. The maximum Gasteiger partial charge on any atom is 0.279 e. The fraction of sp³-hybridized carbons (Fsp3) is 0.222. The lowest BCUT2D eigenvalue weighted by Gasteiger charge is -2.08. The topological polar surface area (TPSA) is 58.2 Å². The summed E-state index contributed by atoms with van der Waals surface area (Å²) in [5.41, 5.74) is 6.93. The van der Waals surface area contributed by atoms with Gasteiger partial charge < -0.3 is 0 Å². The maximum atomic E-state index is 12.1. The summed E-state index contributed by atoms with van der Waals surface area (Å²) in [6.07, 6.45) is 7.42. The molecule has 1 aromatic carbocycles. The molecule has 2 N–H and O–H groups in total. The van der Waals surface area contributed by atoms with Crippen LogP contribution in [0.2, 0.25) is 5.02 Å². The summed E-state index contributed by atoms with van der Waals surface area (Å²) in [4.78, 5) is 25.8. The van der Waals surface area contributed by atoms with Crippen LogP contribution in [-0.4, -0.2) is 11.8 Å². The molecule has 4 nitrogen and oxygen atoms in total. The van der Waals surface area contributed by atoms with Gasteiger partial charge in [0, 0.05) is 16.0 Å². The highest BCUT2D eigenvalue weighted by atomic mass is 35.5. The van der Waals surface area contributed by atoms with Crippen molar-refractivity contribution in [2.45, 2.75) is 25.7 Å². The van der Waals surface area contributed by atoms with Gasteiger partial charge in [0.05, 0.1) is 4.88 Å². The molecule has 0 atom stereocenters. The Morgan fingerprint density at radius 3 is 2.75 bits per heavy atom. The molecule has 0 bridgehead atoms. The second-order valence-corrected chi connectivity index (χ2v) is 7.17. The molecule has 2 amide bonds. The van der Waals surface area contributed by atoms with E-state index in [2.05, 4.69) is 10.9 Å². The van der Waals surface area contributed by atoms with Crippen LogP contribution in [0.5, 0.6) is 0 Å². The molecule has 1 aliphatic rings. The molecule has 124 valence electrons. The summed E-state index contributed by atoms with van der Waals surface area (Å²) >= 11 is 7.39. The minimum absolute atomic E-state index is 0.279. The number of fused-ring (bicyclic) bond motifs is 1. The number of halogens is 1. The summed E-state index contributed by atoms with van der Waals surface area (Å²) in [5.74, 6) is -0.677. The van der Waals surface area contributed by atoms with Crippen molar-refractivity contribution in [2.24, 2.45) is 0 Å². The van der Waals surface area contributed by atoms with E-state index in [0.717, 1.165) is 18.4 Å². The van der Waals surface area contributed by atoms with Gasteiger partial charge in [-0.1, -0.05) is 23.7 Å². The fourth-order valence-corrected chi connectivity index (χ4v) is 3.95. The minimum atomic E-state index is -0.398. The van der Waals surface area contributed by atoms with Crippen molar-refractivity contribution >= 4 is 40.8 Å². The third kappa shape index (κ3) is 4.24. The first-order chi connectivity index (χ1) is 11.6. The second kappa shape index (κ2) is 7.64. The number of hydrazine groups is 1. The van der Waals surface area contributed by atoms with Crippen LogP contribution < -0.4 is 10.9 Å². The van der Waals surface area contributed by atoms with E-state index in [4.69, 9.17) is 11.6 Å². The SMILES string of the molecule is O=C(/C=C/c1cccc(Cl)c1)NNC(=O)c1cc2c(s1)CCCC2. The van der Waals surface area contributed by atoms with Crippen LogP contribution in [-0.2, 0) is 17.6 Å². The standard InChI is InChI=1S/C18H17ClN2O2S/c19-14-6-3-4-12(10-14)8-9-17(22)20-21-18(23)16-11-13-5-1-2-7-15(13)24-16/h3-4,6,8-11H,1-2,5,7H2,(H,20,22)(H,21,23)/b9-8+. The first-order valence-corrected chi connectivity index (χ1v) is 8.97. The Kier molecular flexibility index (Phi) is 5.33. The summed E-state index contributed by atoms with van der Waals surface area (Å²) in [7, 11) is 0. The molecule has 6 heteroatoms. The number of carbonyl (C=O) groups excluding carboxylic acids is 2. The largest absolute Gasteiger partial charge is 0.279 e. The number of rotatable bonds is 3. The molecule has 24 heavy (non-hydrogen) atoms. The lowest BCUT2D eigenvalue weighted by atomic mass is 9.99. The van der Waals surface area contributed by atoms with Gasteiger partial charge >= 0.3 is 0 Å². The van der Waals surface area contributed by atoms with Gasteiger partial charge in [-0.3, -0.25) is 20.4 Å². The summed E-state index contributed by atoms with van der Waals surface area (Å²) in [5, 5.41) is 0.604. The van der Waals surface area contributed by atoms with Gasteiger partial charge in [-0.25, -0.2) is 0 Å². The zero-order valence-corrected chi connectivity index (χ0v) is 14.5. The smallest absolute Gasteiger partial charge is 0.268 e. The Morgan fingerprint density at radius 2 is 1.96 bits per heavy atom. The average molecular weight is 361 g/mol. The van der Waals surface area contributed by atoms with E-state index in [1.807, 2.05) is 12.1 Å². The van der Waals surface area contributed by atoms with E-state index in [-0.39, 0.29) is 5.91 Å². The van der Waals surface area contributed by atoms with Crippen LogP contribution in [0.3, 0.4) is 0 Å². The molecule has 0 saturated heterocycles. The normalized spacial score (nSPS) is 13.5. The van der Waals surface area contributed by atoms with E-state index in [0.29, 0.717) is 9.90 Å². The van der Waals surface area contributed by atoms with Gasteiger partial charge in [-0.15, -0.1) is 11.3 Å². The molecule has 1 aromatic heterocycles. The van der Waals surface area contributed by atoms with E-state index in [1.165, 1.54) is 40.7 Å². The Labute approximate surface area is 149 Å². The van der Waals surface area contributed by atoms with Crippen molar-refractivity contribution in [3.8, 4) is 0 Å². The molecule has 0 radical (unpaired) electrons. The lowest BCUT2D eigenvalue weighted by molar-refractivity contribution is -0.117. The van der Waals surface area contributed by atoms with Crippen molar-refractivity contribution in [2.75, 3.05) is 0 Å². The summed E-state index contributed by atoms with van der Waals surface area (Å²) < 4.78 is 0. The van der Waals surface area contributed by atoms with Gasteiger partial charge in [0.1, 0.15) is 0 Å². The Balaban J connectivity index is 1.54. The molecule has 3 rings (SSSR count). The van der Waals surface area contributed by atoms with Crippen LogP contribution in [0.4, 0.5) is 0 Å². The Bertz CT molecular complexity index is 775. The van der Waals surface area contributed by atoms with Crippen molar-refractivity contribution < 1.29 is 9.59 Å². The number of amides is 2. The van der Waals surface area contributed by atoms with Gasteiger partial charge in [-0.2, -0.15) is 0 Å². The predicted octanol–water partition coefficient (Wildman–Crippen LogP) is 3.75. The number of nitrogens with one attached hydrogen (secondary N) is 2. The third-order valence-electron chi connectivity index (χ3n) is 3.80. The number of benzene rings is 1. The van der Waals surface area contributed by atoms with Gasteiger partial charge in [-0.05, 0) is 61.1 Å². The first-order valence-electron chi connectivity index (χ1n) is 7.77. The van der Waals surface area contributed by atoms with Crippen molar-refractivity contribution in [3.63, 3.8) is 0 Å². The zero-order chi connectivity index (χ0) is 16.9. The predicted molar refractivity (Wildman–Crippen MR) is 97.1 cm³/mol. The van der Waals surface area contributed by atoms with Crippen LogP contribution in [0, 0.1) is 0 Å². The Morgan fingerprint density at radius 1 is 1.12 bits per heavy atom. The van der Waals surface area contributed by atoms with Crippen molar-refractivity contribution in [3.05, 3.63) is 62.3 Å². The molecule has 1 heterocycles. The average Bonchev–Trinajstić information content (AvgIpc) is 3.02. The monoisotopic (exact) mass is 360 g/mol. The molecular weight excluding hydrogens is 344 g/mol. The number of aryl methyl sites for hydroxylation is 2. The van der Waals surface area contributed by atoms with E-state index >= 15 is 0 Å². The highest BCUT2D eigenvalue weighted by Crippen LogP contribution is 2.29. The van der Waals surface area contributed by atoms with Gasteiger partial charge in [0.2, 0.25) is 0 Å². The summed E-state index contributed by atoms with van der Waals surface area (Å²) in [6, 6.07) is 9.09. The van der Waals surface area contributed by atoms with Gasteiger partial charge in [0.15, 0.2) is 0 Å². The number of hydrogen-bond acceptors (Lipinski definition) is 3. The second-order valence-electron chi connectivity index (χ2n) is 5.60. The number of hydrogen-bond donors (Lipinski definition) is 2. The van der Waals surface area contributed by atoms with Gasteiger partial charge in [0.25, 0.3) is 11.8 Å². The van der Waals surface area contributed by atoms with E-state index in [9.17, 15) is 9.59 Å². The highest BCUT2D eigenvalue weighted by molar-refractivity contribution is 7.14. The zero-order valence-electron chi connectivity index (χ0n) is 13.0. The lowest BCUT2D eigenvalue weighted by Crippen LogP contribution is -2.40. The fourth-order valence-electron chi connectivity index (χ4n) is 2.61. The quantitative estimate of drug-likeness (QED) is 0.646. The molecule has 2 aromatic rings. The van der Waals surface area contributed by atoms with Crippen LogP contribution in [0.25, 0.3) is 6.08 Å². The van der Waals surface area contributed by atoms with E-state index in [1.54, 1.807) is 24.3 Å². The van der Waals surface area contributed by atoms with Crippen LogP contribution in [0.15, 0.2) is 36.4 Å². The van der Waals surface area contributed by atoms with E-state index < -0.39 is 5.91 Å². The number of thiophene rings is 1. The molecule has 0 fully saturated rings. The summed E-state index contributed by atoms with van der Waals surface area (Å²) in [6.45, 7) is 0. The number of carbonyl (C=O) groups is 2. The minimum Gasteiger partial charge on any atom is -0.268 e. The molecule has 0 unspecified atom stereocenters.